The first kappa shape index (κ1) is 25.5. The predicted octanol–water partition coefficient (Wildman–Crippen LogP) is -0.117. The van der Waals surface area contributed by atoms with Crippen molar-refractivity contribution in [3.63, 3.8) is 0 Å². The monoisotopic (exact) mass is 440 g/mol. The third-order valence-electron chi connectivity index (χ3n) is 4.30. The number of hydrogen-bond acceptors (Lipinski definition) is 8. The summed E-state index contributed by atoms with van der Waals surface area (Å²) in [6.07, 6.45) is -0.672. The van der Waals surface area contributed by atoms with Gasteiger partial charge in [0.2, 0.25) is 11.8 Å². The maximum Gasteiger partial charge on any atom is 0.329 e. The molecule has 0 heterocycles. The van der Waals surface area contributed by atoms with Crippen molar-refractivity contribution in [2.75, 3.05) is 21.3 Å². The Labute approximate surface area is 178 Å². The zero-order chi connectivity index (χ0) is 23.6. The molecule has 0 unspecified atom stereocenters. The summed E-state index contributed by atoms with van der Waals surface area (Å²) in [5, 5.41) is 4.73. The maximum absolute atomic E-state index is 13.5. The number of ether oxygens (including phenoxy) is 3. The summed E-state index contributed by atoms with van der Waals surface area (Å²) in [6.45, 7) is 1.18. The lowest BCUT2D eigenvalue weighted by Gasteiger charge is -2.26. The van der Waals surface area contributed by atoms with Crippen LogP contribution in [-0.4, -0.2) is 63.1 Å². The third-order valence-corrected chi connectivity index (χ3v) is 4.30. The highest BCUT2D eigenvalue weighted by molar-refractivity contribution is 5.94. The molecule has 0 fully saturated rings. The highest BCUT2D eigenvalue weighted by atomic mass is 19.1. The third kappa shape index (κ3) is 8.03. The number of rotatable bonds is 10. The molecule has 0 aliphatic carbocycles. The quantitative estimate of drug-likeness (QED) is 0.380. The smallest absolute Gasteiger partial charge is 0.329 e. The Balaban J connectivity index is 3.18. The fourth-order valence-corrected chi connectivity index (χ4v) is 2.81. The maximum atomic E-state index is 13.5. The van der Waals surface area contributed by atoms with Crippen LogP contribution in [-0.2, 0) is 44.6 Å². The molecule has 0 aromatic heterocycles. The fraction of sp³-hybridized carbons (Fsp3) is 0.450. The number of esters is 3. The molecule has 0 saturated heterocycles. The van der Waals surface area contributed by atoms with Crippen molar-refractivity contribution in [1.29, 1.82) is 0 Å². The molecule has 1 aromatic rings. The molecule has 1 aromatic carbocycles. The van der Waals surface area contributed by atoms with Crippen LogP contribution in [0, 0.1) is 11.7 Å². The van der Waals surface area contributed by atoms with E-state index in [4.69, 9.17) is 0 Å². The predicted molar refractivity (Wildman–Crippen MR) is 104 cm³/mol. The molecule has 31 heavy (non-hydrogen) atoms. The fourth-order valence-electron chi connectivity index (χ4n) is 2.81. The Morgan fingerprint density at radius 2 is 1.61 bits per heavy atom. The van der Waals surface area contributed by atoms with Crippen LogP contribution in [0.1, 0.15) is 18.9 Å². The summed E-state index contributed by atoms with van der Waals surface area (Å²) in [5.41, 5.74) is 0.405. The van der Waals surface area contributed by atoms with Gasteiger partial charge in [0.05, 0.1) is 33.7 Å². The lowest BCUT2D eigenvalue weighted by atomic mass is 9.95. The minimum Gasteiger partial charge on any atom is -0.469 e. The van der Waals surface area contributed by atoms with E-state index in [2.05, 4.69) is 24.8 Å². The average Bonchev–Trinajstić information content (AvgIpc) is 2.73. The lowest BCUT2D eigenvalue weighted by Crippen LogP contribution is -2.56. The number of halogens is 1. The van der Waals surface area contributed by atoms with Crippen LogP contribution >= 0.6 is 0 Å². The van der Waals surface area contributed by atoms with E-state index in [1.807, 2.05) is 0 Å². The van der Waals surface area contributed by atoms with Crippen LogP contribution < -0.4 is 10.6 Å². The van der Waals surface area contributed by atoms with E-state index < -0.39 is 60.0 Å². The van der Waals surface area contributed by atoms with Gasteiger partial charge in [0.25, 0.3) is 0 Å². The first-order valence-electron chi connectivity index (χ1n) is 9.17. The highest BCUT2D eigenvalue weighted by Crippen LogP contribution is 2.15. The topological polar surface area (TPSA) is 137 Å². The summed E-state index contributed by atoms with van der Waals surface area (Å²) in [7, 11) is 3.17. The van der Waals surface area contributed by atoms with E-state index in [1.54, 1.807) is 6.07 Å². The van der Waals surface area contributed by atoms with Gasteiger partial charge in [-0.15, -0.1) is 0 Å². The molecule has 0 aliphatic heterocycles. The molecule has 2 N–H and O–H groups in total. The number of benzene rings is 1. The van der Waals surface area contributed by atoms with Gasteiger partial charge in [-0.3, -0.25) is 19.2 Å². The summed E-state index contributed by atoms with van der Waals surface area (Å²) in [5.74, 6) is -6.17. The molecule has 2 amide bonds. The van der Waals surface area contributed by atoms with Gasteiger partial charge in [-0.2, -0.15) is 0 Å². The van der Waals surface area contributed by atoms with Gasteiger partial charge in [-0.05, 0) is 17.7 Å². The second kappa shape index (κ2) is 12.3. The van der Waals surface area contributed by atoms with E-state index in [1.165, 1.54) is 25.1 Å². The van der Waals surface area contributed by atoms with Crippen molar-refractivity contribution >= 4 is 29.7 Å². The molecule has 0 saturated carbocycles. The minimum atomic E-state index is -1.60. The van der Waals surface area contributed by atoms with Crippen LogP contribution in [0.15, 0.2) is 24.3 Å². The van der Waals surface area contributed by atoms with Gasteiger partial charge in [0.15, 0.2) is 0 Å². The molecule has 1 rings (SSSR count). The van der Waals surface area contributed by atoms with Crippen molar-refractivity contribution in [2.24, 2.45) is 5.92 Å². The molecule has 0 radical (unpaired) electrons. The van der Waals surface area contributed by atoms with Crippen LogP contribution in [0.25, 0.3) is 0 Å². The number of hydrogen-bond donors (Lipinski definition) is 2. The Kier molecular flexibility index (Phi) is 10.1. The molecular formula is C20H25FN2O8. The molecule has 0 bridgehead atoms. The van der Waals surface area contributed by atoms with Crippen molar-refractivity contribution in [1.82, 2.24) is 10.6 Å². The van der Waals surface area contributed by atoms with E-state index in [0.717, 1.165) is 21.3 Å². The van der Waals surface area contributed by atoms with E-state index in [9.17, 15) is 28.4 Å². The number of methoxy groups -OCH3 is 3. The zero-order valence-corrected chi connectivity index (χ0v) is 17.6. The Hall–Kier alpha value is -3.50. The molecule has 11 heteroatoms. The van der Waals surface area contributed by atoms with Gasteiger partial charge >= 0.3 is 17.9 Å². The highest BCUT2D eigenvalue weighted by Gasteiger charge is 2.39. The Bertz CT molecular complexity index is 829. The first-order chi connectivity index (χ1) is 14.6. The lowest BCUT2D eigenvalue weighted by molar-refractivity contribution is -0.159. The van der Waals surface area contributed by atoms with Crippen LogP contribution in [0.2, 0.25) is 0 Å². The molecule has 170 valence electrons. The van der Waals surface area contributed by atoms with Crippen LogP contribution in [0.5, 0.6) is 0 Å². The summed E-state index contributed by atoms with van der Waals surface area (Å²) in [4.78, 5) is 60.6. The summed E-state index contributed by atoms with van der Waals surface area (Å²) >= 11 is 0. The van der Waals surface area contributed by atoms with Crippen molar-refractivity contribution in [2.45, 2.75) is 31.8 Å². The van der Waals surface area contributed by atoms with Crippen LogP contribution in [0.4, 0.5) is 4.39 Å². The normalized spacial score (nSPS) is 13.2. The van der Waals surface area contributed by atoms with Crippen molar-refractivity contribution in [3.8, 4) is 0 Å². The second-order valence-corrected chi connectivity index (χ2v) is 6.51. The largest absolute Gasteiger partial charge is 0.469 e. The van der Waals surface area contributed by atoms with E-state index in [-0.39, 0.29) is 6.42 Å². The van der Waals surface area contributed by atoms with Gasteiger partial charge in [0.1, 0.15) is 17.9 Å². The van der Waals surface area contributed by atoms with Crippen molar-refractivity contribution < 1.29 is 42.6 Å². The Morgan fingerprint density at radius 1 is 0.968 bits per heavy atom. The molecule has 10 nitrogen and oxygen atoms in total. The number of carbonyl (C=O) groups excluding carboxylic acids is 5. The molecule has 0 spiro atoms. The van der Waals surface area contributed by atoms with Gasteiger partial charge in [0, 0.05) is 13.3 Å². The number of nitrogens with one attached hydrogen (secondary N) is 2. The summed E-state index contributed by atoms with van der Waals surface area (Å²) in [6, 6.07) is 2.59. The molecule has 3 atom stereocenters. The number of amides is 2. The summed E-state index contributed by atoms with van der Waals surface area (Å²) < 4.78 is 27.3. The minimum absolute atomic E-state index is 0.100. The molecule has 0 aliphatic rings. The standard InChI is InChI=1S/C20H25FN2O8/c1-11(24)22-15(9-12-6-5-7-13(21)8-12)18(26)23-17(20(28)31-4)14(19(27)30-3)10-16(25)29-2/h5-8,14-15,17H,9-10H2,1-4H3,(H,22,24)(H,23,26)/t14-,15+,17+/m0/s1. The second-order valence-electron chi connectivity index (χ2n) is 6.51. The van der Waals surface area contributed by atoms with Crippen LogP contribution in [0.3, 0.4) is 0 Å². The zero-order valence-electron chi connectivity index (χ0n) is 17.6. The average molecular weight is 440 g/mol. The van der Waals surface area contributed by atoms with Gasteiger partial charge in [-0.1, -0.05) is 12.1 Å². The van der Waals surface area contributed by atoms with Gasteiger partial charge < -0.3 is 24.8 Å². The first-order valence-corrected chi connectivity index (χ1v) is 9.17. The SMILES string of the molecule is COC(=O)C[C@H](C(=O)OC)[C@@H](NC(=O)[C@@H](Cc1cccc(F)c1)NC(C)=O)C(=O)OC. The molecular weight excluding hydrogens is 415 g/mol. The van der Waals surface area contributed by atoms with E-state index in [0.29, 0.717) is 5.56 Å². The van der Waals surface area contributed by atoms with Crippen molar-refractivity contribution in [3.05, 3.63) is 35.6 Å². The van der Waals surface area contributed by atoms with Gasteiger partial charge in [-0.25, -0.2) is 9.18 Å². The Morgan fingerprint density at radius 3 is 2.13 bits per heavy atom. The van der Waals surface area contributed by atoms with E-state index >= 15 is 0 Å². The number of carbonyl (C=O) groups is 5.